The van der Waals surface area contributed by atoms with E-state index in [0.29, 0.717) is 0 Å². The zero-order valence-electron chi connectivity index (χ0n) is 15.7. The van der Waals surface area contributed by atoms with Crippen LogP contribution in [0.3, 0.4) is 0 Å². The number of aryl methyl sites for hydroxylation is 2. The van der Waals surface area contributed by atoms with E-state index < -0.39 is 0 Å². The van der Waals surface area contributed by atoms with Crippen LogP contribution in [0.5, 0.6) is 5.75 Å². The summed E-state index contributed by atoms with van der Waals surface area (Å²) in [7, 11) is 0. The lowest BCUT2D eigenvalue weighted by atomic mass is 10.0. The Morgan fingerprint density at radius 3 is 2.50 bits per heavy atom. The second-order valence-electron chi connectivity index (χ2n) is 7.29. The van der Waals surface area contributed by atoms with Gasteiger partial charge in [0.05, 0.1) is 13.2 Å². The average Bonchev–Trinajstić information content (AvgIpc) is 3.33. The van der Waals surface area contributed by atoms with Gasteiger partial charge in [0.2, 0.25) is 0 Å². The predicted molar refractivity (Wildman–Crippen MR) is 101 cm³/mol. The van der Waals surface area contributed by atoms with Crippen molar-refractivity contribution in [2.75, 3.05) is 39.3 Å². The minimum atomic E-state index is 0.738. The predicted octanol–water partition coefficient (Wildman–Crippen LogP) is 1.98. The molecule has 1 aromatic carbocycles. The van der Waals surface area contributed by atoms with Gasteiger partial charge in [-0.2, -0.15) is 5.10 Å². The molecule has 4 rings (SSSR count). The van der Waals surface area contributed by atoms with E-state index in [1.54, 1.807) is 12.7 Å². The quantitative estimate of drug-likeness (QED) is 0.760. The molecule has 0 saturated carbocycles. The number of nitrogens with zero attached hydrogens (tertiary/aromatic N) is 5. The summed E-state index contributed by atoms with van der Waals surface area (Å²) in [5.74, 6) is 1.10. The van der Waals surface area contributed by atoms with E-state index in [4.69, 9.17) is 4.74 Å². The van der Waals surface area contributed by atoms with Gasteiger partial charge in [0, 0.05) is 44.8 Å². The summed E-state index contributed by atoms with van der Waals surface area (Å²) < 4.78 is 7.86. The van der Waals surface area contributed by atoms with Gasteiger partial charge < -0.3 is 4.74 Å². The van der Waals surface area contributed by atoms with Crippen molar-refractivity contribution < 1.29 is 4.74 Å². The summed E-state index contributed by atoms with van der Waals surface area (Å²) in [5, 5.41) is 4.18. The van der Waals surface area contributed by atoms with Gasteiger partial charge >= 0.3 is 0 Å². The first kappa shape index (κ1) is 17.5. The van der Waals surface area contributed by atoms with Crippen molar-refractivity contribution >= 4 is 0 Å². The summed E-state index contributed by atoms with van der Waals surface area (Å²) in [5.41, 5.74) is 4.40. The Hall–Kier alpha value is -1.92. The van der Waals surface area contributed by atoms with E-state index >= 15 is 0 Å². The molecule has 2 aromatic rings. The van der Waals surface area contributed by atoms with Gasteiger partial charge in [-0.25, -0.2) is 4.98 Å². The largest absolute Gasteiger partial charge is 0.494 e. The first-order valence-corrected chi connectivity index (χ1v) is 9.86. The van der Waals surface area contributed by atoms with Crippen LogP contribution >= 0.6 is 0 Å². The number of aromatic nitrogens is 3. The van der Waals surface area contributed by atoms with E-state index in [1.165, 1.54) is 36.0 Å². The molecular formula is C20H29N5O. The minimum Gasteiger partial charge on any atom is -0.494 e. The fourth-order valence-corrected chi connectivity index (χ4v) is 4.07. The summed E-state index contributed by atoms with van der Waals surface area (Å²) in [4.78, 5) is 9.08. The number of piperazine rings is 1. The maximum absolute atomic E-state index is 5.95. The number of benzene rings is 1. The van der Waals surface area contributed by atoms with Gasteiger partial charge in [-0.1, -0.05) is 6.07 Å². The molecule has 2 heterocycles. The van der Waals surface area contributed by atoms with Crippen molar-refractivity contribution in [3.63, 3.8) is 0 Å². The van der Waals surface area contributed by atoms with Crippen LogP contribution in [0.1, 0.15) is 30.0 Å². The van der Waals surface area contributed by atoms with Crippen LogP contribution in [-0.2, 0) is 25.9 Å². The standard InChI is InChI=1S/C20H29N5O/c1-2-26-20-13-18-5-3-4-17(18)12-19(20)14-24-8-6-23(7-9-24)10-11-25-16-21-15-22-25/h12-13,15-16H,2-11,14H2,1H3. The molecule has 0 atom stereocenters. The lowest BCUT2D eigenvalue weighted by Gasteiger charge is -2.35. The fourth-order valence-electron chi connectivity index (χ4n) is 4.07. The SMILES string of the molecule is CCOc1cc2c(cc1CN1CCN(CCn3cncn3)CC1)CCC2. The molecule has 1 aromatic heterocycles. The number of rotatable bonds is 7. The van der Waals surface area contributed by atoms with Crippen molar-refractivity contribution in [3.05, 3.63) is 41.5 Å². The van der Waals surface area contributed by atoms with Crippen LogP contribution < -0.4 is 4.74 Å². The molecule has 1 saturated heterocycles. The maximum atomic E-state index is 5.95. The third kappa shape index (κ3) is 4.07. The van der Waals surface area contributed by atoms with Crippen LogP contribution in [0.4, 0.5) is 0 Å². The summed E-state index contributed by atoms with van der Waals surface area (Å²) >= 11 is 0. The van der Waals surface area contributed by atoms with Crippen LogP contribution in [0.2, 0.25) is 0 Å². The molecular weight excluding hydrogens is 326 g/mol. The van der Waals surface area contributed by atoms with Crippen LogP contribution in [-0.4, -0.2) is 63.9 Å². The minimum absolute atomic E-state index is 0.738. The zero-order valence-corrected chi connectivity index (χ0v) is 15.7. The lowest BCUT2D eigenvalue weighted by molar-refractivity contribution is 0.122. The fraction of sp³-hybridized carbons (Fsp3) is 0.600. The van der Waals surface area contributed by atoms with Crippen molar-refractivity contribution in [2.24, 2.45) is 0 Å². The maximum Gasteiger partial charge on any atom is 0.137 e. The van der Waals surface area contributed by atoms with E-state index in [-0.39, 0.29) is 0 Å². The summed E-state index contributed by atoms with van der Waals surface area (Å²) in [6.07, 6.45) is 7.11. The summed E-state index contributed by atoms with van der Waals surface area (Å²) in [6.45, 7) is 10.2. The van der Waals surface area contributed by atoms with Gasteiger partial charge in [0.1, 0.15) is 18.4 Å². The normalized spacial score (nSPS) is 18.2. The highest BCUT2D eigenvalue weighted by molar-refractivity contribution is 5.44. The van der Waals surface area contributed by atoms with E-state index in [0.717, 1.165) is 58.2 Å². The monoisotopic (exact) mass is 355 g/mol. The molecule has 0 N–H and O–H groups in total. The van der Waals surface area contributed by atoms with Crippen molar-refractivity contribution in [3.8, 4) is 5.75 Å². The van der Waals surface area contributed by atoms with Crippen molar-refractivity contribution in [2.45, 2.75) is 39.3 Å². The number of fused-ring (bicyclic) bond motifs is 1. The Kier molecular flexibility index (Phi) is 5.51. The molecule has 140 valence electrons. The first-order valence-electron chi connectivity index (χ1n) is 9.86. The molecule has 6 nitrogen and oxygen atoms in total. The Morgan fingerprint density at radius 2 is 1.77 bits per heavy atom. The van der Waals surface area contributed by atoms with Crippen LogP contribution in [0.25, 0.3) is 0 Å². The Balaban J connectivity index is 1.32. The third-order valence-corrected chi connectivity index (χ3v) is 5.55. The number of hydrogen-bond acceptors (Lipinski definition) is 5. The van der Waals surface area contributed by atoms with E-state index in [2.05, 4.69) is 38.9 Å². The Labute approximate surface area is 155 Å². The molecule has 0 amide bonds. The first-order chi connectivity index (χ1) is 12.8. The molecule has 0 bridgehead atoms. The summed E-state index contributed by atoms with van der Waals surface area (Å²) in [6, 6.07) is 4.71. The average molecular weight is 355 g/mol. The van der Waals surface area contributed by atoms with E-state index in [1.807, 2.05) is 4.68 Å². The van der Waals surface area contributed by atoms with Gasteiger partial charge in [0.15, 0.2) is 0 Å². The van der Waals surface area contributed by atoms with Crippen molar-refractivity contribution in [1.82, 2.24) is 24.6 Å². The van der Waals surface area contributed by atoms with Crippen LogP contribution in [0.15, 0.2) is 24.8 Å². The second-order valence-corrected chi connectivity index (χ2v) is 7.29. The van der Waals surface area contributed by atoms with E-state index in [9.17, 15) is 0 Å². The second kappa shape index (κ2) is 8.18. The molecule has 2 aliphatic rings. The smallest absolute Gasteiger partial charge is 0.137 e. The van der Waals surface area contributed by atoms with Gasteiger partial charge in [-0.15, -0.1) is 0 Å². The highest BCUT2D eigenvalue weighted by Gasteiger charge is 2.20. The molecule has 0 spiro atoms. The Morgan fingerprint density at radius 1 is 1.00 bits per heavy atom. The number of hydrogen-bond donors (Lipinski definition) is 0. The van der Waals surface area contributed by atoms with Gasteiger partial charge in [-0.3, -0.25) is 14.5 Å². The molecule has 1 aliphatic heterocycles. The third-order valence-electron chi connectivity index (χ3n) is 5.55. The van der Waals surface area contributed by atoms with Crippen molar-refractivity contribution in [1.29, 1.82) is 0 Å². The van der Waals surface area contributed by atoms with Crippen LogP contribution in [0, 0.1) is 0 Å². The highest BCUT2D eigenvalue weighted by Crippen LogP contribution is 2.31. The lowest BCUT2D eigenvalue weighted by Crippen LogP contribution is -2.46. The topological polar surface area (TPSA) is 46.4 Å². The van der Waals surface area contributed by atoms with Gasteiger partial charge in [0.25, 0.3) is 0 Å². The van der Waals surface area contributed by atoms with Gasteiger partial charge in [-0.05, 0) is 43.4 Å². The molecule has 1 aliphatic carbocycles. The molecule has 0 radical (unpaired) electrons. The molecule has 26 heavy (non-hydrogen) atoms. The zero-order chi connectivity index (χ0) is 17.8. The molecule has 0 unspecified atom stereocenters. The molecule has 6 heteroatoms. The highest BCUT2D eigenvalue weighted by atomic mass is 16.5. The Bertz CT molecular complexity index is 707. The molecule has 1 fully saturated rings. The number of ether oxygens (including phenoxy) is 1.